The molecule has 1 aliphatic heterocycles. The number of unbranched alkanes of at least 4 members (excludes halogenated alkanes) is 1. The van der Waals surface area contributed by atoms with Gasteiger partial charge in [0.25, 0.3) is 5.88 Å². The first-order chi connectivity index (χ1) is 22.6. The van der Waals surface area contributed by atoms with Crippen LogP contribution >= 0.6 is 11.6 Å². The van der Waals surface area contributed by atoms with Gasteiger partial charge in [0.05, 0.1) is 49.7 Å². The molecule has 15 heteroatoms. The molecule has 0 unspecified atom stereocenters. The van der Waals surface area contributed by atoms with Crippen LogP contribution in [0, 0.1) is 11.3 Å². The minimum atomic E-state index is -0.212. The highest BCUT2D eigenvalue weighted by atomic mass is 35.5. The molecule has 0 amide bonds. The molecule has 1 saturated heterocycles. The van der Waals surface area contributed by atoms with Gasteiger partial charge in [-0.25, -0.2) is 14.6 Å². The van der Waals surface area contributed by atoms with Gasteiger partial charge in [0, 0.05) is 43.5 Å². The van der Waals surface area contributed by atoms with Crippen molar-refractivity contribution in [1.82, 2.24) is 44.9 Å². The lowest BCUT2D eigenvalue weighted by Gasteiger charge is -2.38. The fourth-order valence-corrected chi connectivity index (χ4v) is 6.08. The zero-order chi connectivity index (χ0) is 31.7. The molecule has 6 rings (SSSR count). The van der Waals surface area contributed by atoms with E-state index in [1.54, 1.807) is 23.1 Å². The molecule has 3 aromatic heterocycles. The van der Waals surface area contributed by atoms with Crippen molar-refractivity contribution in [1.29, 1.82) is 5.26 Å². The van der Waals surface area contributed by atoms with Gasteiger partial charge >= 0.3 is 0 Å². The van der Waals surface area contributed by atoms with Crippen LogP contribution in [0.25, 0.3) is 11.1 Å². The van der Waals surface area contributed by atoms with Crippen molar-refractivity contribution in [2.45, 2.75) is 70.2 Å². The zero-order valence-electron chi connectivity index (χ0n) is 25.8. The molecular weight excluding hydrogens is 610 g/mol. The van der Waals surface area contributed by atoms with Crippen LogP contribution in [0.4, 0.5) is 11.6 Å². The summed E-state index contributed by atoms with van der Waals surface area (Å²) in [6, 6.07) is 8.62. The number of nitriles is 1. The molecule has 1 N–H and O–H groups in total. The summed E-state index contributed by atoms with van der Waals surface area (Å²) in [6.07, 6.45) is 12.2. The predicted molar refractivity (Wildman–Crippen MR) is 170 cm³/mol. The van der Waals surface area contributed by atoms with E-state index in [-0.39, 0.29) is 12.1 Å². The van der Waals surface area contributed by atoms with E-state index in [0.29, 0.717) is 60.3 Å². The Hall–Kier alpha value is -4.32. The fraction of sp³-hybridized carbons (Fsp3) is 0.516. The Labute approximate surface area is 272 Å². The normalized spacial score (nSPS) is 19.3. The lowest BCUT2D eigenvalue weighted by Crippen LogP contribution is -2.45. The number of morpholine rings is 1. The summed E-state index contributed by atoms with van der Waals surface area (Å²) in [7, 11) is 0. The quantitative estimate of drug-likeness (QED) is 0.200. The molecule has 1 saturated carbocycles. The van der Waals surface area contributed by atoms with E-state index < -0.39 is 0 Å². The molecule has 0 spiro atoms. The van der Waals surface area contributed by atoms with Crippen LogP contribution in [-0.4, -0.2) is 89.9 Å². The van der Waals surface area contributed by atoms with Gasteiger partial charge < -0.3 is 19.5 Å². The van der Waals surface area contributed by atoms with Crippen LogP contribution in [0.2, 0.25) is 5.02 Å². The second kappa shape index (κ2) is 15.3. The number of hydrogen-bond acceptors (Lipinski definition) is 12. The molecule has 0 bridgehead atoms. The highest BCUT2D eigenvalue weighted by Crippen LogP contribution is 2.35. The number of nitrogens with one attached hydrogen (secondary N) is 1. The van der Waals surface area contributed by atoms with E-state index in [1.165, 1.54) is 6.33 Å². The third-order valence-electron chi connectivity index (χ3n) is 8.30. The van der Waals surface area contributed by atoms with Crippen LogP contribution in [-0.2, 0) is 11.3 Å². The summed E-state index contributed by atoms with van der Waals surface area (Å²) in [6.45, 7) is 6.48. The molecule has 1 aromatic carbocycles. The SMILES string of the molecule is C[C@@H](Cn1cnnn1)Oc1cc(-c2cnc(Nc3cn(C4CCC(N5CCOCC5)CC4)nc3OCCCC#N)nc2)ccc1Cl. The van der Waals surface area contributed by atoms with E-state index in [4.69, 9.17) is 36.2 Å². The van der Waals surface area contributed by atoms with Crippen molar-refractivity contribution in [3.63, 3.8) is 0 Å². The largest absolute Gasteiger partial charge is 0.487 e. The molecule has 4 heterocycles. The van der Waals surface area contributed by atoms with E-state index in [0.717, 1.165) is 63.1 Å². The maximum Gasteiger partial charge on any atom is 0.256 e. The van der Waals surface area contributed by atoms with Gasteiger partial charge in [0.1, 0.15) is 23.9 Å². The molecule has 242 valence electrons. The highest BCUT2D eigenvalue weighted by molar-refractivity contribution is 6.32. The number of aromatic nitrogens is 8. The second-order valence-corrected chi connectivity index (χ2v) is 12.0. The second-order valence-electron chi connectivity index (χ2n) is 11.6. The molecular formula is C31H38ClN11O3. The first-order valence-corrected chi connectivity index (χ1v) is 16.1. The lowest BCUT2D eigenvalue weighted by molar-refractivity contribution is 0.00503. The minimum Gasteiger partial charge on any atom is -0.487 e. The Morgan fingerprint density at radius 1 is 1.11 bits per heavy atom. The summed E-state index contributed by atoms with van der Waals surface area (Å²) in [5.74, 6) is 1.45. The van der Waals surface area contributed by atoms with Crippen molar-refractivity contribution < 1.29 is 14.2 Å². The van der Waals surface area contributed by atoms with Crippen LogP contribution < -0.4 is 14.8 Å². The molecule has 4 aromatic rings. The van der Waals surface area contributed by atoms with Gasteiger partial charge in [-0.1, -0.05) is 17.7 Å². The van der Waals surface area contributed by atoms with E-state index in [9.17, 15) is 0 Å². The van der Waals surface area contributed by atoms with Crippen LogP contribution in [0.15, 0.2) is 43.1 Å². The predicted octanol–water partition coefficient (Wildman–Crippen LogP) is 4.69. The highest BCUT2D eigenvalue weighted by Gasteiger charge is 2.29. The van der Waals surface area contributed by atoms with Crippen molar-refractivity contribution in [2.75, 3.05) is 38.2 Å². The maximum atomic E-state index is 8.94. The number of hydrogen-bond donors (Lipinski definition) is 1. The molecule has 0 radical (unpaired) electrons. The van der Waals surface area contributed by atoms with Gasteiger partial charge in [-0.3, -0.25) is 9.58 Å². The van der Waals surface area contributed by atoms with Crippen LogP contribution in [0.3, 0.4) is 0 Å². The fourth-order valence-electron chi connectivity index (χ4n) is 5.92. The number of anilines is 2. The average molecular weight is 648 g/mol. The zero-order valence-corrected chi connectivity index (χ0v) is 26.6. The van der Waals surface area contributed by atoms with Crippen molar-refractivity contribution in [3.05, 3.63) is 48.1 Å². The first-order valence-electron chi connectivity index (χ1n) is 15.7. The third-order valence-corrected chi connectivity index (χ3v) is 8.61. The Kier molecular flexibility index (Phi) is 10.5. The van der Waals surface area contributed by atoms with Gasteiger partial charge in [0.2, 0.25) is 5.95 Å². The smallest absolute Gasteiger partial charge is 0.256 e. The summed E-state index contributed by atoms with van der Waals surface area (Å²) >= 11 is 6.44. The van der Waals surface area contributed by atoms with Crippen molar-refractivity contribution >= 4 is 23.2 Å². The molecule has 1 atom stereocenters. The van der Waals surface area contributed by atoms with E-state index >= 15 is 0 Å². The topological polar surface area (TPSA) is 154 Å². The molecule has 2 fully saturated rings. The number of nitrogens with zero attached hydrogens (tertiary/aromatic N) is 10. The standard InChI is InChI=1S/C31H38ClN11O3/c1-22(19-42-21-36-39-40-42)46-29-16-23(4-9-27(29)32)24-17-34-31(35-18-24)37-28-20-43(38-30(28)45-13-3-2-10-33)26-7-5-25(6-8-26)41-11-14-44-15-12-41/h4,9,16-18,20-22,25-26H,2-3,5-8,11-15,19H2,1H3,(H,34,35,37)/t22-,25?,26?/m0/s1. The number of halogens is 1. The Morgan fingerprint density at radius 3 is 2.63 bits per heavy atom. The van der Waals surface area contributed by atoms with Crippen LogP contribution in [0.1, 0.15) is 51.5 Å². The number of benzene rings is 1. The van der Waals surface area contributed by atoms with Gasteiger partial charge in [-0.15, -0.1) is 10.2 Å². The average Bonchev–Trinajstić information content (AvgIpc) is 3.75. The first kappa shape index (κ1) is 31.7. The Bertz CT molecular complexity index is 1580. The molecule has 1 aliphatic carbocycles. The minimum absolute atomic E-state index is 0.212. The molecule has 46 heavy (non-hydrogen) atoms. The number of ether oxygens (including phenoxy) is 3. The summed E-state index contributed by atoms with van der Waals surface area (Å²) < 4.78 is 21.3. The number of rotatable bonds is 13. The monoisotopic (exact) mass is 647 g/mol. The summed E-state index contributed by atoms with van der Waals surface area (Å²) in [4.78, 5) is 11.7. The van der Waals surface area contributed by atoms with Gasteiger partial charge in [-0.05, 0) is 67.2 Å². The number of tetrazole rings is 1. The van der Waals surface area contributed by atoms with E-state index in [2.05, 4.69) is 41.8 Å². The maximum absolute atomic E-state index is 8.94. The summed E-state index contributed by atoms with van der Waals surface area (Å²) in [5.41, 5.74) is 2.36. The summed E-state index contributed by atoms with van der Waals surface area (Å²) in [5, 5.41) is 28.7. The van der Waals surface area contributed by atoms with Gasteiger partial charge in [0.15, 0.2) is 0 Å². The Morgan fingerprint density at radius 2 is 1.89 bits per heavy atom. The molecule has 14 nitrogen and oxygen atoms in total. The van der Waals surface area contributed by atoms with Gasteiger partial charge in [-0.2, -0.15) is 5.26 Å². The molecule has 2 aliphatic rings. The third kappa shape index (κ3) is 8.09. The van der Waals surface area contributed by atoms with E-state index in [1.807, 2.05) is 29.9 Å². The van der Waals surface area contributed by atoms with Crippen molar-refractivity contribution in [3.8, 4) is 28.8 Å². The van der Waals surface area contributed by atoms with Crippen molar-refractivity contribution in [2.24, 2.45) is 0 Å². The van der Waals surface area contributed by atoms with Crippen LogP contribution in [0.5, 0.6) is 11.6 Å². The Balaban J connectivity index is 1.12. The lowest BCUT2D eigenvalue weighted by atomic mass is 9.90.